The molecule has 0 amide bonds. The molecule has 1 aromatic heterocycles. The Morgan fingerprint density at radius 1 is 1.29 bits per heavy atom. The molecule has 0 fully saturated rings. The molecule has 6 heteroatoms. The van der Waals surface area contributed by atoms with Crippen molar-refractivity contribution in [1.29, 1.82) is 0 Å². The zero-order valence-corrected chi connectivity index (χ0v) is 12.7. The molecule has 110 valence electrons. The van der Waals surface area contributed by atoms with Gasteiger partial charge in [0.25, 0.3) is 0 Å². The van der Waals surface area contributed by atoms with E-state index in [9.17, 15) is 0 Å². The number of halogens is 1. The molecule has 5 nitrogen and oxygen atoms in total. The highest BCUT2D eigenvalue weighted by Crippen LogP contribution is 2.28. The largest absolute Gasteiger partial charge is 0.495 e. The molecular formula is C15H17ClN4O. The normalized spacial score (nSPS) is 10.0. The Bertz CT molecular complexity index is 646. The van der Waals surface area contributed by atoms with E-state index in [1.165, 1.54) is 0 Å². The second-order valence-corrected chi connectivity index (χ2v) is 4.74. The molecule has 0 radical (unpaired) electrons. The van der Waals surface area contributed by atoms with Crippen molar-refractivity contribution in [1.82, 2.24) is 9.97 Å². The first-order valence-corrected chi connectivity index (χ1v) is 6.81. The molecular weight excluding hydrogens is 288 g/mol. The summed E-state index contributed by atoms with van der Waals surface area (Å²) in [6, 6.07) is 7.29. The monoisotopic (exact) mass is 304 g/mol. The van der Waals surface area contributed by atoms with E-state index in [4.69, 9.17) is 16.3 Å². The molecule has 0 saturated carbocycles. The van der Waals surface area contributed by atoms with Crippen LogP contribution in [0, 0.1) is 6.92 Å². The van der Waals surface area contributed by atoms with Gasteiger partial charge in [-0.05, 0) is 25.1 Å². The maximum Gasteiger partial charge on any atom is 0.137 e. The van der Waals surface area contributed by atoms with Crippen LogP contribution in [0.2, 0.25) is 5.02 Å². The predicted octanol–water partition coefficient (Wildman–Crippen LogP) is 3.79. The minimum atomic E-state index is 0.540. The SMILES string of the molecule is C=CCNc1cc(Nc2ccc(OC)c(Cl)c2)nc(C)n1. The molecule has 0 spiro atoms. The summed E-state index contributed by atoms with van der Waals surface area (Å²) in [7, 11) is 1.58. The lowest BCUT2D eigenvalue weighted by molar-refractivity contribution is 0.415. The predicted molar refractivity (Wildman–Crippen MR) is 86.7 cm³/mol. The molecule has 2 N–H and O–H groups in total. The minimum absolute atomic E-state index is 0.540. The molecule has 0 aliphatic carbocycles. The molecule has 0 aliphatic rings. The van der Waals surface area contributed by atoms with Crippen molar-refractivity contribution in [3.05, 3.63) is 47.8 Å². The van der Waals surface area contributed by atoms with Crippen LogP contribution >= 0.6 is 11.6 Å². The van der Waals surface area contributed by atoms with Gasteiger partial charge in [0, 0.05) is 18.3 Å². The van der Waals surface area contributed by atoms with Gasteiger partial charge in [-0.1, -0.05) is 17.7 Å². The summed E-state index contributed by atoms with van der Waals surface area (Å²) in [5.74, 6) is 2.74. The minimum Gasteiger partial charge on any atom is -0.495 e. The van der Waals surface area contributed by atoms with Gasteiger partial charge in [0.05, 0.1) is 12.1 Å². The molecule has 2 aromatic rings. The topological polar surface area (TPSA) is 59.1 Å². The van der Waals surface area contributed by atoms with Gasteiger partial charge in [-0.15, -0.1) is 6.58 Å². The smallest absolute Gasteiger partial charge is 0.137 e. The second kappa shape index (κ2) is 6.95. The fraction of sp³-hybridized carbons (Fsp3) is 0.200. The van der Waals surface area contributed by atoms with Crippen molar-refractivity contribution < 1.29 is 4.74 Å². The van der Waals surface area contributed by atoms with Crippen LogP contribution in [0.3, 0.4) is 0 Å². The zero-order valence-electron chi connectivity index (χ0n) is 12.0. The van der Waals surface area contributed by atoms with E-state index in [-0.39, 0.29) is 0 Å². The number of nitrogens with zero attached hydrogens (tertiary/aromatic N) is 2. The number of aryl methyl sites for hydroxylation is 1. The average molecular weight is 305 g/mol. The van der Waals surface area contributed by atoms with E-state index >= 15 is 0 Å². The van der Waals surface area contributed by atoms with Crippen LogP contribution in [0.25, 0.3) is 0 Å². The third-order valence-electron chi connectivity index (χ3n) is 2.69. The summed E-state index contributed by atoms with van der Waals surface area (Å²) < 4.78 is 5.13. The van der Waals surface area contributed by atoms with Gasteiger partial charge in [-0.25, -0.2) is 9.97 Å². The lowest BCUT2D eigenvalue weighted by atomic mass is 10.3. The molecule has 0 unspecified atom stereocenters. The van der Waals surface area contributed by atoms with E-state index < -0.39 is 0 Å². The number of rotatable bonds is 6. The van der Waals surface area contributed by atoms with Gasteiger partial charge in [0.1, 0.15) is 23.2 Å². The van der Waals surface area contributed by atoms with Gasteiger partial charge in [0.2, 0.25) is 0 Å². The molecule has 1 heterocycles. The first-order chi connectivity index (χ1) is 10.1. The fourth-order valence-electron chi connectivity index (χ4n) is 1.79. The Morgan fingerprint density at radius 2 is 2.05 bits per heavy atom. The lowest BCUT2D eigenvalue weighted by Crippen LogP contribution is -2.04. The maximum absolute atomic E-state index is 6.11. The highest BCUT2D eigenvalue weighted by Gasteiger charge is 2.05. The van der Waals surface area contributed by atoms with Crippen LogP contribution in [0.5, 0.6) is 5.75 Å². The van der Waals surface area contributed by atoms with Crippen LogP contribution in [-0.2, 0) is 0 Å². The highest BCUT2D eigenvalue weighted by atomic mass is 35.5. The Kier molecular flexibility index (Phi) is 5.00. The van der Waals surface area contributed by atoms with Crippen LogP contribution in [-0.4, -0.2) is 23.6 Å². The number of nitrogens with one attached hydrogen (secondary N) is 2. The molecule has 0 aliphatic heterocycles. The number of aromatic nitrogens is 2. The zero-order chi connectivity index (χ0) is 15.2. The summed E-state index contributed by atoms with van der Waals surface area (Å²) in [6.07, 6.45) is 1.77. The first kappa shape index (κ1) is 15.1. The second-order valence-electron chi connectivity index (χ2n) is 4.33. The highest BCUT2D eigenvalue weighted by molar-refractivity contribution is 6.32. The number of anilines is 3. The number of benzene rings is 1. The summed E-state index contributed by atoms with van der Waals surface area (Å²) in [5.41, 5.74) is 0.827. The number of hydrogen-bond donors (Lipinski definition) is 2. The Labute approximate surface area is 129 Å². The van der Waals surface area contributed by atoms with Crippen molar-refractivity contribution >= 4 is 28.9 Å². The Hall–Kier alpha value is -2.27. The quantitative estimate of drug-likeness (QED) is 0.795. The number of methoxy groups -OCH3 is 1. The van der Waals surface area contributed by atoms with Crippen molar-refractivity contribution in [2.45, 2.75) is 6.92 Å². The molecule has 0 bridgehead atoms. The van der Waals surface area contributed by atoms with Crippen molar-refractivity contribution in [2.75, 3.05) is 24.3 Å². The van der Waals surface area contributed by atoms with Crippen LogP contribution in [0.15, 0.2) is 36.9 Å². The molecule has 1 aromatic carbocycles. The van der Waals surface area contributed by atoms with Crippen molar-refractivity contribution in [3.8, 4) is 5.75 Å². The van der Waals surface area contributed by atoms with E-state index in [0.29, 0.717) is 29.0 Å². The average Bonchev–Trinajstić information content (AvgIpc) is 2.45. The van der Waals surface area contributed by atoms with E-state index in [1.807, 2.05) is 19.1 Å². The molecule has 21 heavy (non-hydrogen) atoms. The standard InChI is InChI=1S/C15H17ClN4O/c1-4-7-17-14-9-15(19-10(2)18-14)20-11-5-6-13(21-3)12(16)8-11/h4-6,8-9H,1,7H2,2-3H3,(H2,17,18,19,20). The Balaban J connectivity index is 2.20. The fourth-order valence-corrected chi connectivity index (χ4v) is 2.05. The van der Waals surface area contributed by atoms with Gasteiger partial charge in [0.15, 0.2) is 0 Å². The third kappa shape index (κ3) is 4.10. The summed E-state index contributed by atoms with van der Waals surface area (Å²) in [6.45, 7) is 6.15. The number of hydrogen-bond acceptors (Lipinski definition) is 5. The molecule has 2 rings (SSSR count). The maximum atomic E-state index is 6.11. The molecule has 0 atom stereocenters. The number of ether oxygens (including phenoxy) is 1. The summed E-state index contributed by atoms with van der Waals surface area (Å²) >= 11 is 6.11. The van der Waals surface area contributed by atoms with E-state index in [1.54, 1.807) is 25.3 Å². The first-order valence-electron chi connectivity index (χ1n) is 6.43. The van der Waals surface area contributed by atoms with Crippen molar-refractivity contribution in [3.63, 3.8) is 0 Å². The Morgan fingerprint density at radius 3 is 2.71 bits per heavy atom. The van der Waals surface area contributed by atoms with Crippen molar-refractivity contribution in [2.24, 2.45) is 0 Å². The van der Waals surface area contributed by atoms with Crippen LogP contribution < -0.4 is 15.4 Å². The van der Waals surface area contributed by atoms with Gasteiger partial charge >= 0.3 is 0 Å². The van der Waals surface area contributed by atoms with Gasteiger partial charge < -0.3 is 15.4 Å². The van der Waals surface area contributed by atoms with Crippen LogP contribution in [0.1, 0.15) is 5.82 Å². The van der Waals surface area contributed by atoms with Crippen LogP contribution in [0.4, 0.5) is 17.3 Å². The van der Waals surface area contributed by atoms with Gasteiger partial charge in [-0.2, -0.15) is 0 Å². The lowest BCUT2D eigenvalue weighted by Gasteiger charge is -2.10. The molecule has 0 saturated heterocycles. The third-order valence-corrected chi connectivity index (χ3v) is 2.99. The summed E-state index contributed by atoms with van der Waals surface area (Å²) in [4.78, 5) is 8.65. The van der Waals surface area contributed by atoms with E-state index in [2.05, 4.69) is 27.2 Å². The summed E-state index contributed by atoms with van der Waals surface area (Å²) in [5, 5.41) is 6.87. The van der Waals surface area contributed by atoms with Gasteiger partial charge in [-0.3, -0.25) is 0 Å². The van der Waals surface area contributed by atoms with E-state index in [0.717, 1.165) is 11.5 Å².